The number of hydrogen-bond donors (Lipinski definition) is 1. The van der Waals surface area contributed by atoms with Crippen molar-refractivity contribution in [1.29, 1.82) is 0 Å². The van der Waals surface area contributed by atoms with E-state index in [0.29, 0.717) is 12.0 Å². The van der Waals surface area contributed by atoms with Gasteiger partial charge in [0.25, 0.3) is 10.1 Å². The van der Waals surface area contributed by atoms with Crippen molar-refractivity contribution in [3.8, 4) is 5.75 Å². The van der Waals surface area contributed by atoms with Gasteiger partial charge in [0.1, 0.15) is 5.75 Å². The molecule has 0 saturated heterocycles. The molecule has 0 radical (unpaired) electrons. The van der Waals surface area contributed by atoms with Gasteiger partial charge in [-0.15, -0.1) is 0 Å². The van der Waals surface area contributed by atoms with Gasteiger partial charge < -0.3 is 4.74 Å². The van der Waals surface area contributed by atoms with Gasteiger partial charge in [0, 0.05) is 0 Å². The molecule has 0 aliphatic rings. The third-order valence-electron chi connectivity index (χ3n) is 2.31. The minimum Gasteiger partial charge on any atom is -0.483 e. The molecule has 1 aromatic carbocycles. The third kappa shape index (κ3) is 5.79. The van der Waals surface area contributed by atoms with Crippen molar-refractivity contribution in [2.24, 2.45) is 5.92 Å². The van der Waals surface area contributed by atoms with E-state index in [4.69, 9.17) is 9.29 Å². The SMILES string of the molecule is CC(CC(C=O)Oc1ccccc1)CS(=O)(=O)O. The summed E-state index contributed by atoms with van der Waals surface area (Å²) < 4.78 is 35.5. The van der Waals surface area contributed by atoms with E-state index >= 15 is 0 Å². The molecule has 2 unspecified atom stereocenters. The standard InChI is InChI=1S/C12H16O5S/c1-10(9-18(14,15)16)7-12(8-13)17-11-5-3-2-4-6-11/h2-6,8,10,12H,7,9H2,1H3,(H,14,15,16). The first kappa shape index (κ1) is 14.7. The normalized spacial score (nSPS) is 14.8. The second-order valence-electron chi connectivity index (χ2n) is 4.19. The molecule has 0 heterocycles. The Bertz CT molecular complexity index is 469. The van der Waals surface area contributed by atoms with Crippen LogP contribution < -0.4 is 4.74 Å². The Morgan fingerprint density at radius 1 is 1.33 bits per heavy atom. The van der Waals surface area contributed by atoms with Crippen molar-refractivity contribution in [3.63, 3.8) is 0 Å². The summed E-state index contributed by atoms with van der Waals surface area (Å²) in [5, 5.41) is 0. The third-order valence-corrected chi connectivity index (χ3v) is 3.30. The van der Waals surface area contributed by atoms with Crippen LogP contribution in [0.1, 0.15) is 13.3 Å². The van der Waals surface area contributed by atoms with Crippen molar-refractivity contribution in [1.82, 2.24) is 0 Å². The van der Waals surface area contributed by atoms with E-state index in [1.807, 2.05) is 6.07 Å². The van der Waals surface area contributed by atoms with Crippen LogP contribution in [0.2, 0.25) is 0 Å². The minimum atomic E-state index is -4.02. The van der Waals surface area contributed by atoms with Crippen molar-refractivity contribution < 1.29 is 22.5 Å². The number of rotatable bonds is 7. The smallest absolute Gasteiger partial charge is 0.265 e. The molecule has 0 aliphatic heterocycles. The summed E-state index contributed by atoms with van der Waals surface area (Å²) in [6.45, 7) is 1.64. The van der Waals surface area contributed by atoms with Crippen LogP contribution in [0.15, 0.2) is 30.3 Å². The van der Waals surface area contributed by atoms with Gasteiger partial charge in [0.15, 0.2) is 12.4 Å². The summed E-state index contributed by atoms with van der Waals surface area (Å²) in [4.78, 5) is 10.9. The number of carbonyl (C=O) groups excluding carboxylic acids is 1. The molecule has 0 aromatic heterocycles. The maximum atomic E-state index is 10.9. The Hall–Kier alpha value is -1.40. The van der Waals surface area contributed by atoms with Crippen LogP contribution >= 0.6 is 0 Å². The summed E-state index contributed by atoms with van der Waals surface area (Å²) in [6, 6.07) is 8.80. The summed E-state index contributed by atoms with van der Waals surface area (Å²) in [6.07, 6.45) is 0.148. The van der Waals surface area contributed by atoms with E-state index in [-0.39, 0.29) is 18.1 Å². The summed E-state index contributed by atoms with van der Waals surface area (Å²) in [5.74, 6) is -0.192. The Labute approximate surface area is 107 Å². The van der Waals surface area contributed by atoms with E-state index in [0.717, 1.165) is 0 Å². The lowest BCUT2D eigenvalue weighted by atomic mass is 10.1. The zero-order valence-corrected chi connectivity index (χ0v) is 10.8. The van der Waals surface area contributed by atoms with Crippen LogP contribution in [-0.2, 0) is 14.9 Å². The molecule has 1 aromatic rings. The molecule has 0 spiro atoms. The van der Waals surface area contributed by atoms with Gasteiger partial charge in [-0.2, -0.15) is 8.42 Å². The van der Waals surface area contributed by atoms with Gasteiger partial charge in [-0.3, -0.25) is 9.35 Å². The fourth-order valence-electron chi connectivity index (χ4n) is 1.63. The van der Waals surface area contributed by atoms with Gasteiger partial charge in [-0.25, -0.2) is 0 Å². The molecule has 100 valence electrons. The second kappa shape index (κ2) is 6.51. The highest BCUT2D eigenvalue weighted by molar-refractivity contribution is 7.85. The number of para-hydroxylation sites is 1. The molecular weight excluding hydrogens is 256 g/mol. The molecule has 6 heteroatoms. The number of hydrogen-bond acceptors (Lipinski definition) is 4. The number of benzene rings is 1. The fraction of sp³-hybridized carbons (Fsp3) is 0.417. The average Bonchev–Trinajstić information content (AvgIpc) is 2.27. The molecule has 2 atom stereocenters. The second-order valence-corrected chi connectivity index (χ2v) is 5.69. The summed E-state index contributed by atoms with van der Waals surface area (Å²) in [5.41, 5.74) is 0. The largest absolute Gasteiger partial charge is 0.483 e. The molecule has 0 saturated carbocycles. The topological polar surface area (TPSA) is 80.7 Å². The lowest BCUT2D eigenvalue weighted by molar-refractivity contribution is -0.114. The number of ether oxygens (including phenoxy) is 1. The highest BCUT2D eigenvalue weighted by atomic mass is 32.2. The van der Waals surface area contributed by atoms with Crippen LogP contribution in [0.3, 0.4) is 0 Å². The zero-order valence-electron chi connectivity index (χ0n) is 10.0. The summed E-state index contributed by atoms with van der Waals surface area (Å²) >= 11 is 0. The van der Waals surface area contributed by atoms with Crippen LogP contribution in [-0.4, -0.2) is 31.1 Å². The average molecular weight is 272 g/mol. The fourth-order valence-corrected chi connectivity index (χ4v) is 2.48. The van der Waals surface area contributed by atoms with Gasteiger partial charge in [0.05, 0.1) is 5.75 Å². The highest BCUT2D eigenvalue weighted by Gasteiger charge is 2.18. The van der Waals surface area contributed by atoms with Gasteiger partial charge in [0.2, 0.25) is 0 Å². The Morgan fingerprint density at radius 3 is 2.44 bits per heavy atom. The lowest BCUT2D eigenvalue weighted by Gasteiger charge is -2.17. The molecule has 0 aliphatic carbocycles. The molecule has 0 fully saturated rings. The highest BCUT2D eigenvalue weighted by Crippen LogP contribution is 2.15. The van der Waals surface area contributed by atoms with Gasteiger partial charge in [-0.05, 0) is 24.5 Å². The first-order valence-corrected chi connectivity index (χ1v) is 7.14. The van der Waals surface area contributed by atoms with Crippen LogP contribution in [0, 0.1) is 5.92 Å². The van der Waals surface area contributed by atoms with Crippen molar-refractivity contribution in [2.45, 2.75) is 19.4 Å². The first-order chi connectivity index (χ1) is 8.40. The zero-order chi connectivity index (χ0) is 13.6. The summed E-state index contributed by atoms with van der Waals surface area (Å²) in [7, 11) is -4.02. The maximum Gasteiger partial charge on any atom is 0.265 e. The Kier molecular flexibility index (Phi) is 5.30. The van der Waals surface area contributed by atoms with Crippen molar-refractivity contribution in [2.75, 3.05) is 5.75 Å². The van der Waals surface area contributed by atoms with Crippen molar-refractivity contribution >= 4 is 16.4 Å². The molecular formula is C12H16O5S. The van der Waals surface area contributed by atoms with Crippen LogP contribution in [0.4, 0.5) is 0 Å². The van der Waals surface area contributed by atoms with E-state index < -0.39 is 16.2 Å². The predicted molar refractivity (Wildman–Crippen MR) is 67.1 cm³/mol. The molecule has 5 nitrogen and oxygen atoms in total. The molecule has 0 amide bonds. The quantitative estimate of drug-likeness (QED) is 0.601. The minimum absolute atomic E-state index is 0.234. The van der Waals surface area contributed by atoms with E-state index in [2.05, 4.69) is 0 Å². The van der Waals surface area contributed by atoms with Gasteiger partial charge in [-0.1, -0.05) is 25.1 Å². The molecule has 1 N–H and O–H groups in total. The predicted octanol–water partition coefficient (Wildman–Crippen LogP) is 1.55. The number of carbonyl (C=O) groups is 1. The van der Waals surface area contributed by atoms with E-state index in [1.54, 1.807) is 31.2 Å². The van der Waals surface area contributed by atoms with Crippen LogP contribution in [0.5, 0.6) is 5.75 Å². The monoisotopic (exact) mass is 272 g/mol. The van der Waals surface area contributed by atoms with Gasteiger partial charge >= 0.3 is 0 Å². The number of aldehydes is 1. The first-order valence-electron chi connectivity index (χ1n) is 5.53. The van der Waals surface area contributed by atoms with Crippen molar-refractivity contribution in [3.05, 3.63) is 30.3 Å². The Balaban J connectivity index is 2.55. The Morgan fingerprint density at radius 2 is 1.94 bits per heavy atom. The molecule has 1 rings (SSSR count). The van der Waals surface area contributed by atoms with Crippen LogP contribution in [0.25, 0.3) is 0 Å². The lowest BCUT2D eigenvalue weighted by Crippen LogP contribution is -2.24. The van der Waals surface area contributed by atoms with E-state index in [9.17, 15) is 13.2 Å². The maximum absolute atomic E-state index is 10.9. The molecule has 18 heavy (non-hydrogen) atoms. The molecule has 0 bridgehead atoms. The van der Waals surface area contributed by atoms with E-state index in [1.165, 1.54) is 0 Å².